The van der Waals surface area contributed by atoms with Crippen molar-refractivity contribution in [2.75, 3.05) is 26.2 Å². The zero-order valence-corrected chi connectivity index (χ0v) is 15.5. The van der Waals surface area contributed by atoms with Gasteiger partial charge in [0, 0.05) is 37.5 Å². The second-order valence-corrected chi connectivity index (χ2v) is 9.01. The van der Waals surface area contributed by atoms with Crippen LogP contribution < -0.4 is 0 Å². The third kappa shape index (κ3) is 2.53. The Kier molecular flexibility index (Phi) is 4.09. The SMILES string of the molecule is O=C(C1CCCC1)N1CC2(C1)[C@@H](c1ccccc1)[C@@H](CO)N2CC1CC1. The van der Waals surface area contributed by atoms with Crippen LogP contribution in [-0.2, 0) is 4.79 Å². The van der Waals surface area contributed by atoms with Gasteiger partial charge in [0.15, 0.2) is 0 Å². The van der Waals surface area contributed by atoms with Crippen molar-refractivity contribution >= 4 is 5.91 Å². The molecule has 0 radical (unpaired) electrons. The van der Waals surface area contributed by atoms with E-state index < -0.39 is 0 Å². The third-order valence-electron chi connectivity index (χ3n) is 7.38. The first-order chi connectivity index (χ1) is 12.7. The summed E-state index contributed by atoms with van der Waals surface area (Å²) < 4.78 is 0. The lowest BCUT2D eigenvalue weighted by Crippen LogP contribution is -2.85. The summed E-state index contributed by atoms with van der Waals surface area (Å²) in [7, 11) is 0. The first-order valence-electron chi connectivity index (χ1n) is 10.4. The number of aliphatic hydroxyl groups excluding tert-OH is 1. The number of carbonyl (C=O) groups is 1. The van der Waals surface area contributed by atoms with Crippen molar-refractivity contribution in [1.82, 2.24) is 9.80 Å². The van der Waals surface area contributed by atoms with Gasteiger partial charge in [-0.3, -0.25) is 9.69 Å². The van der Waals surface area contributed by atoms with E-state index in [1.165, 1.54) is 31.2 Å². The zero-order valence-electron chi connectivity index (χ0n) is 15.5. The maximum atomic E-state index is 12.8. The van der Waals surface area contributed by atoms with Gasteiger partial charge in [-0.15, -0.1) is 0 Å². The molecule has 2 atom stereocenters. The van der Waals surface area contributed by atoms with Gasteiger partial charge >= 0.3 is 0 Å². The van der Waals surface area contributed by atoms with Crippen LogP contribution in [0.15, 0.2) is 30.3 Å². The molecular formula is C22H30N2O2. The molecule has 4 nitrogen and oxygen atoms in total. The molecule has 1 spiro atoms. The molecule has 140 valence electrons. The smallest absolute Gasteiger partial charge is 0.225 e. The number of aliphatic hydroxyl groups is 1. The lowest BCUT2D eigenvalue weighted by molar-refractivity contribution is -0.199. The molecule has 0 bridgehead atoms. The summed E-state index contributed by atoms with van der Waals surface area (Å²) in [6, 6.07) is 10.9. The van der Waals surface area contributed by atoms with Crippen LogP contribution in [0.25, 0.3) is 0 Å². The first kappa shape index (κ1) is 16.8. The Hall–Kier alpha value is -1.39. The second kappa shape index (κ2) is 6.35. The van der Waals surface area contributed by atoms with Crippen LogP contribution in [-0.4, -0.2) is 58.6 Å². The average Bonchev–Trinajstić information content (AvgIpc) is 3.28. The highest BCUT2D eigenvalue weighted by molar-refractivity contribution is 5.80. The van der Waals surface area contributed by atoms with Crippen molar-refractivity contribution in [3.05, 3.63) is 35.9 Å². The van der Waals surface area contributed by atoms with Crippen LogP contribution in [0.4, 0.5) is 0 Å². The van der Waals surface area contributed by atoms with E-state index in [1.807, 2.05) is 0 Å². The molecule has 2 saturated carbocycles. The lowest BCUT2D eigenvalue weighted by Gasteiger charge is -2.71. The highest BCUT2D eigenvalue weighted by Crippen LogP contribution is 2.55. The Balaban J connectivity index is 1.37. The van der Waals surface area contributed by atoms with Gasteiger partial charge in [0.1, 0.15) is 0 Å². The van der Waals surface area contributed by atoms with Gasteiger partial charge in [0.05, 0.1) is 12.1 Å². The molecule has 2 aliphatic heterocycles. The minimum atomic E-state index is 0.0611. The number of nitrogens with zero attached hydrogens (tertiary/aromatic N) is 2. The van der Waals surface area contributed by atoms with Crippen LogP contribution in [0, 0.1) is 11.8 Å². The second-order valence-electron chi connectivity index (χ2n) is 9.01. The summed E-state index contributed by atoms with van der Waals surface area (Å²) in [5, 5.41) is 10.1. The van der Waals surface area contributed by atoms with E-state index in [1.54, 1.807) is 0 Å². The fourth-order valence-corrected chi connectivity index (χ4v) is 5.84. The molecular weight excluding hydrogens is 324 g/mol. The van der Waals surface area contributed by atoms with E-state index in [9.17, 15) is 9.90 Å². The molecule has 1 amide bonds. The Morgan fingerprint density at radius 2 is 1.77 bits per heavy atom. The maximum Gasteiger partial charge on any atom is 0.225 e. The van der Waals surface area contributed by atoms with Crippen molar-refractivity contribution in [2.45, 2.75) is 56.0 Å². The molecule has 2 aliphatic carbocycles. The fourth-order valence-electron chi connectivity index (χ4n) is 5.84. The summed E-state index contributed by atoms with van der Waals surface area (Å²) in [6.45, 7) is 3.01. The minimum absolute atomic E-state index is 0.0611. The summed E-state index contributed by atoms with van der Waals surface area (Å²) in [5.41, 5.74) is 1.39. The average molecular weight is 354 g/mol. The predicted molar refractivity (Wildman–Crippen MR) is 101 cm³/mol. The Bertz CT molecular complexity index is 660. The molecule has 4 fully saturated rings. The van der Waals surface area contributed by atoms with Gasteiger partial charge in [0.2, 0.25) is 5.91 Å². The maximum absolute atomic E-state index is 12.8. The molecule has 5 rings (SSSR count). The largest absolute Gasteiger partial charge is 0.395 e. The van der Waals surface area contributed by atoms with Crippen molar-refractivity contribution in [3.8, 4) is 0 Å². The Morgan fingerprint density at radius 3 is 2.38 bits per heavy atom. The van der Waals surface area contributed by atoms with Crippen molar-refractivity contribution in [1.29, 1.82) is 0 Å². The number of hydrogen-bond donors (Lipinski definition) is 1. The molecule has 1 N–H and O–H groups in total. The topological polar surface area (TPSA) is 43.8 Å². The molecule has 2 saturated heterocycles. The summed E-state index contributed by atoms with van der Waals surface area (Å²) in [6.07, 6.45) is 7.23. The zero-order chi connectivity index (χ0) is 17.7. The molecule has 1 aromatic rings. The van der Waals surface area contributed by atoms with Crippen molar-refractivity contribution in [2.24, 2.45) is 11.8 Å². The number of hydrogen-bond acceptors (Lipinski definition) is 3. The number of amides is 1. The monoisotopic (exact) mass is 354 g/mol. The lowest BCUT2D eigenvalue weighted by atomic mass is 9.60. The molecule has 1 aromatic carbocycles. The van der Waals surface area contributed by atoms with Gasteiger partial charge in [0.25, 0.3) is 0 Å². The van der Waals surface area contributed by atoms with Crippen LogP contribution in [0.3, 0.4) is 0 Å². The van der Waals surface area contributed by atoms with Crippen LogP contribution in [0.2, 0.25) is 0 Å². The Morgan fingerprint density at radius 1 is 1.08 bits per heavy atom. The van der Waals surface area contributed by atoms with Gasteiger partial charge in [-0.1, -0.05) is 43.2 Å². The Labute approximate surface area is 156 Å². The van der Waals surface area contributed by atoms with Crippen LogP contribution >= 0.6 is 0 Å². The van der Waals surface area contributed by atoms with Gasteiger partial charge in [-0.25, -0.2) is 0 Å². The molecule has 2 heterocycles. The first-order valence-corrected chi connectivity index (χ1v) is 10.4. The molecule has 0 unspecified atom stereocenters. The van der Waals surface area contributed by atoms with E-state index in [-0.39, 0.29) is 24.1 Å². The van der Waals surface area contributed by atoms with E-state index >= 15 is 0 Å². The van der Waals surface area contributed by atoms with E-state index in [0.717, 1.165) is 38.4 Å². The van der Waals surface area contributed by atoms with Crippen LogP contribution in [0.5, 0.6) is 0 Å². The standard InChI is InChI=1S/C22H30N2O2/c25-13-19-20(17-6-2-1-3-7-17)22(24(19)12-16-10-11-16)14-23(15-22)21(26)18-8-4-5-9-18/h1-3,6-7,16,18-20,25H,4-5,8-15H2/t19-,20+/m1/s1. The predicted octanol–water partition coefficient (Wildman–Crippen LogP) is 2.63. The van der Waals surface area contributed by atoms with Gasteiger partial charge < -0.3 is 10.0 Å². The molecule has 4 heteroatoms. The van der Waals surface area contributed by atoms with Gasteiger partial charge in [-0.05, 0) is 37.2 Å². The van der Waals surface area contributed by atoms with E-state index in [2.05, 4.69) is 40.1 Å². The number of benzene rings is 1. The fraction of sp³-hybridized carbons (Fsp3) is 0.682. The highest BCUT2D eigenvalue weighted by Gasteiger charge is 2.66. The molecule has 0 aromatic heterocycles. The molecule has 26 heavy (non-hydrogen) atoms. The van der Waals surface area contributed by atoms with Crippen molar-refractivity contribution < 1.29 is 9.90 Å². The summed E-state index contributed by atoms with van der Waals surface area (Å²) in [4.78, 5) is 17.5. The number of carbonyl (C=O) groups excluding carboxylic acids is 1. The molecule has 4 aliphatic rings. The minimum Gasteiger partial charge on any atom is -0.395 e. The normalized spacial score (nSPS) is 31.0. The summed E-state index contributed by atoms with van der Waals surface area (Å²) >= 11 is 0. The highest BCUT2D eigenvalue weighted by atomic mass is 16.3. The quantitative estimate of drug-likeness (QED) is 0.884. The number of likely N-dealkylation sites (tertiary alicyclic amines) is 2. The number of rotatable bonds is 5. The van der Waals surface area contributed by atoms with E-state index in [4.69, 9.17) is 0 Å². The van der Waals surface area contributed by atoms with Crippen molar-refractivity contribution in [3.63, 3.8) is 0 Å². The summed E-state index contributed by atoms with van der Waals surface area (Å²) in [5.74, 6) is 1.81. The third-order valence-corrected chi connectivity index (χ3v) is 7.38. The van der Waals surface area contributed by atoms with E-state index in [0.29, 0.717) is 11.8 Å². The van der Waals surface area contributed by atoms with Crippen LogP contribution in [0.1, 0.15) is 50.0 Å². The van der Waals surface area contributed by atoms with Gasteiger partial charge in [-0.2, -0.15) is 0 Å².